The zero-order valence-electron chi connectivity index (χ0n) is 7.53. The highest BCUT2D eigenvalue weighted by molar-refractivity contribution is 6.21. The molecule has 0 saturated heterocycles. The van der Waals surface area contributed by atoms with E-state index in [2.05, 4.69) is 0 Å². The van der Waals surface area contributed by atoms with E-state index in [1.54, 1.807) is 0 Å². The largest absolute Gasteiger partial charge is 0.455 e. The number of hydrogen-bond donors (Lipinski definition) is 0. The second-order valence-electron chi connectivity index (χ2n) is 3.04. The van der Waals surface area contributed by atoms with Gasteiger partial charge in [-0.1, -0.05) is 12.1 Å². The summed E-state index contributed by atoms with van der Waals surface area (Å²) >= 11 is 5.02. The molecule has 0 nitrogen and oxygen atoms in total. The van der Waals surface area contributed by atoms with Crippen molar-refractivity contribution in [2.75, 3.05) is 0 Å². The molecule has 1 aromatic carbocycles. The third-order valence-corrected chi connectivity index (χ3v) is 2.36. The fraction of sp³-hybridized carbons (Fsp3) is 0.333. The number of rotatable bonds is 2. The van der Waals surface area contributed by atoms with Gasteiger partial charge in [0, 0.05) is 0 Å². The summed E-state index contributed by atoms with van der Waals surface area (Å²) in [7, 11) is 0. The van der Waals surface area contributed by atoms with Gasteiger partial charge in [0.2, 0.25) is 0 Å². The zero-order valence-corrected chi connectivity index (χ0v) is 8.29. The molecular formula is C9H5ClF6. The van der Waals surface area contributed by atoms with E-state index >= 15 is 0 Å². The first-order valence-corrected chi connectivity index (χ1v) is 4.44. The monoisotopic (exact) mass is 262 g/mol. The molecule has 1 unspecified atom stereocenters. The van der Waals surface area contributed by atoms with Gasteiger partial charge < -0.3 is 0 Å². The third-order valence-electron chi connectivity index (χ3n) is 1.84. The van der Waals surface area contributed by atoms with Crippen molar-refractivity contribution in [3.8, 4) is 0 Å². The van der Waals surface area contributed by atoms with Gasteiger partial charge >= 0.3 is 12.1 Å². The van der Waals surface area contributed by atoms with Crippen LogP contribution in [0.2, 0.25) is 0 Å². The Kier molecular flexibility index (Phi) is 3.42. The number of hydrogen-bond acceptors (Lipinski definition) is 0. The summed E-state index contributed by atoms with van der Waals surface area (Å²) < 4.78 is 74.0. The predicted molar refractivity (Wildman–Crippen MR) is 46.0 cm³/mol. The van der Waals surface area contributed by atoms with Gasteiger partial charge in [-0.15, -0.1) is 11.6 Å². The molecule has 0 fully saturated rings. The van der Waals surface area contributed by atoms with Crippen molar-refractivity contribution in [2.45, 2.75) is 17.5 Å². The molecule has 0 N–H and O–H groups in total. The second kappa shape index (κ2) is 4.16. The van der Waals surface area contributed by atoms with Gasteiger partial charge in [-0.3, -0.25) is 0 Å². The van der Waals surface area contributed by atoms with Crippen LogP contribution in [0.4, 0.5) is 26.3 Å². The maximum atomic E-state index is 12.8. The van der Waals surface area contributed by atoms with E-state index in [4.69, 9.17) is 11.6 Å². The van der Waals surface area contributed by atoms with E-state index in [-0.39, 0.29) is 0 Å². The highest BCUT2D eigenvalue weighted by Gasteiger charge is 2.62. The first-order valence-electron chi connectivity index (χ1n) is 4.00. The van der Waals surface area contributed by atoms with Crippen molar-refractivity contribution >= 4 is 11.6 Å². The molecule has 0 aliphatic rings. The van der Waals surface area contributed by atoms with E-state index in [1.165, 1.54) is 0 Å². The highest BCUT2D eigenvalue weighted by atomic mass is 35.5. The van der Waals surface area contributed by atoms with Crippen LogP contribution in [0.15, 0.2) is 24.3 Å². The lowest BCUT2D eigenvalue weighted by atomic mass is 10.1. The van der Waals surface area contributed by atoms with E-state index < -0.39 is 28.9 Å². The van der Waals surface area contributed by atoms with E-state index in [1.807, 2.05) is 0 Å². The van der Waals surface area contributed by atoms with Crippen LogP contribution in [0.3, 0.4) is 0 Å². The van der Waals surface area contributed by atoms with Crippen LogP contribution >= 0.6 is 11.6 Å². The van der Waals surface area contributed by atoms with Crippen molar-refractivity contribution in [3.05, 3.63) is 35.6 Å². The summed E-state index contributed by atoms with van der Waals surface area (Å²) in [6.07, 6.45) is -5.77. The number of benzene rings is 1. The standard InChI is InChI=1S/C9H5ClF6/c10-7(8(12,13)9(14,15)16)5-2-1-3-6(11)4-5/h1-4,7H. The van der Waals surface area contributed by atoms with Crippen LogP contribution in [0, 0.1) is 5.82 Å². The lowest BCUT2D eigenvalue weighted by molar-refractivity contribution is -0.283. The summed E-state index contributed by atoms with van der Waals surface area (Å²) in [5.74, 6) is -6.04. The number of alkyl halides is 6. The average Bonchev–Trinajstić information content (AvgIpc) is 2.14. The Balaban J connectivity index is 3.07. The Hall–Kier alpha value is -0.910. The molecule has 0 heterocycles. The van der Waals surface area contributed by atoms with Crippen molar-refractivity contribution in [1.29, 1.82) is 0 Å². The quantitative estimate of drug-likeness (QED) is 0.550. The molecule has 0 radical (unpaired) electrons. The first kappa shape index (κ1) is 13.2. The summed E-state index contributed by atoms with van der Waals surface area (Å²) in [6.45, 7) is 0. The summed E-state index contributed by atoms with van der Waals surface area (Å²) in [5, 5.41) is -2.65. The molecule has 7 heteroatoms. The van der Waals surface area contributed by atoms with Crippen LogP contribution in [0.5, 0.6) is 0 Å². The minimum absolute atomic E-state index is 0.539. The normalized spacial score (nSPS) is 14.9. The zero-order chi connectivity index (χ0) is 12.6. The molecule has 16 heavy (non-hydrogen) atoms. The SMILES string of the molecule is Fc1cccc(C(Cl)C(F)(F)C(F)(F)F)c1. The Morgan fingerprint density at radius 2 is 1.62 bits per heavy atom. The first-order chi connectivity index (χ1) is 7.16. The van der Waals surface area contributed by atoms with Gasteiger partial charge in [0.05, 0.1) is 0 Å². The molecule has 90 valence electrons. The van der Waals surface area contributed by atoms with Gasteiger partial charge in [0.25, 0.3) is 0 Å². The van der Waals surface area contributed by atoms with Gasteiger partial charge in [0.1, 0.15) is 11.2 Å². The Morgan fingerprint density at radius 1 is 1.06 bits per heavy atom. The van der Waals surface area contributed by atoms with Crippen molar-refractivity contribution in [3.63, 3.8) is 0 Å². The molecule has 1 atom stereocenters. The maximum absolute atomic E-state index is 12.8. The Labute approximate surface area is 91.8 Å². The molecule has 0 aliphatic heterocycles. The number of halogens is 7. The lowest BCUT2D eigenvalue weighted by Crippen LogP contribution is -2.40. The summed E-state index contributed by atoms with van der Waals surface area (Å²) in [5.41, 5.74) is -0.621. The second-order valence-corrected chi connectivity index (χ2v) is 3.47. The van der Waals surface area contributed by atoms with Crippen LogP contribution < -0.4 is 0 Å². The van der Waals surface area contributed by atoms with E-state index in [0.717, 1.165) is 18.2 Å². The van der Waals surface area contributed by atoms with Gasteiger partial charge in [-0.05, 0) is 17.7 Å². The minimum atomic E-state index is -5.77. The Bertz CT molecular complexity index is 373. The van der Waals surface area contributed by atoms with Gasteiger partial charge in [-0.25, -0.2) is 4.39 Å². The molecule has 0 amide bonds. The summed E-state index contributed by atoms with van der Waals surface area (Å²) in [6, 6.07) is 3.36. The molecule has 0 saturated carbocycles. The lowest BCUT2D eigenvalue weighted by Gasteiger charge is -2.24. The molecule has 0 aromatic heterocycles. The van der Waals surface area contributed by atoms with Crippen LogP contribution in [-0.2, 0) is 0 Å². The predicted octanol–water partition coefficient (Wildman–Crippen LogP) is 4.30. The van der Waals surface area contributed by atoms with Gasteiger partial charge in [-0.2, -0.15) is 22.0 Å². The van der Waals surface area contributed by atoms with Crippen molar-refractivity contribution in [2.24, 2.45) is 0 Å². The smallest absolute Gasteiger partial charge is 0.207 e. The fourth-order valence-corrected chi connectivity index (χ4v) is 1.28. The van der Waals surface area contributed by atoms with Crippen molar-refractivity contribution in [1.82, 2.24) is 0 Å². The molecule has 1 rings (SSSR count). The molecule has 0 aliphatic carbocycles. The highest BCUT2D eigenvalue weighted by Crippen LogP contribution is 2.47. The summed E-state index contributed by atoms with van der Waals surface area (Å²) in [4.78, 5) is 0. The molecule has 0 bridgehead atoms. The Morgan fingerprint density at radius 3 is 2.06 bits per heavy atom. The topological polar surface area (TPSA) is 0 Å². The van der Waals surface area contributed by atoms with Crippen LogP contribution in [0.1, 0.15) is 10.9 Å². The fourth-order valence-electron chi connectivity index (χ4n) is 1.02. The van der Waals surface area contributed by atoms with E-state index in [0.29, 0.717) is 6.07 Å². The minimum Gasteiger partial charge on any atom is -0.207 e. The van der Waals surface area contributed by atoms with Crippen molar-refractivity contribution < 1.29 is 26.3 Å². The molecular weight excluding hydrogens is 258 g/mol. The van der Waals surface area contributed by atoms with E-state index in [9.17, 15) is 26.3 Å². The third kappa shape index (κ3) is 2.42. The molecule has 1 aromatic rings. The van der Waals surface area contributed by atoms with Gasteiger partial charge in [0.15, 0.2) is 0 Å². The van der Waals surface area contributed by atoms with Crippen LogP contribution in [0.25, 0.3) is 0 Å². The van der Waals surface area contributed by atoms with Crippen LogP contribution in [-0.4, -0.2) is 12.1 Å². The maximum Gasteiger partial charge on any atom is 0.455 e. The average molecular weight is 263 g/mol. The molecule has 0 spiro atoms.